The number of rotatable bonds is 5. The summed E-state index contributed by atoms with van der Waals surface area (Å²) in [5.41, 5.74) is 0.312. The molecule has 0 atom stereocenters. The maximum Gasteiger partial charge on any atom is 0.490 e. The molecule has 0 aliphatic carbocycles. The number of methoxy groups -OCH3 is 1. The van der Waals surface area contributed by atoms with Gasteiger partial charge in [-0.25, -0.2) is 4.79 Å². The second-order valence-corrected chi connectivity index (χ2v) is 4.62. The first-order valence-electron chi connectivity index (χ1n) is 5.50. The number of hydrogen-bond acceptors (Lipinski definition) is 8. The molecule has 110 valence electrons. The highest BCUT2D eigenvalue weighted by molar-refractivity contribution is 7.12. The van der Waals surface area contributed by atoms with Crippen LogP contribution < -0.4 is 5.32 Å². The summed E-state index contributed by atoms with van der Waals surface area (Å²) in [7, 11) is 1.24. The number of nitrogens with zero attached hydrogens (tertiary/aromatic N) is 4. The van der Waals surface area contributed by atoms with Crippen molar-refractivity contribution in [3.05, 3.63) is 32.8 Å². The van der Waals surface area contributed by atoms with Crippen LogP contribution in [0.4, 0.5) is 11.6 Å². The molecule has 0 radical (unpaired) electrons. The van der Waals surface area contributed by atoms with Gasteiger partial charge in [-0.3, -0.25) is 4.79 Å². The van der Waals surface area contributed by atoms with Gasteiger partial charge >= 0.3 is 11.9 Å². The highest BCUT2D eigenvalue weighted by Gasteiger charge is 2.18. The van der Waals surface area contributed by atoms with E-state index in [9.17, 15) is 19.7 Å². The molecule has 1 N–H and O–H groups in total. The number of thiophene rings is 1. The molecule has 2 rings (SSSR count). The van der Waals surface area contributed by atoms with Crippen LogP contribution in [0.5, 0.6) is 0 Å². The molecular formula is C10H9N5O5S. The van der Waals surface area contributed by atoms with Crippen LogP contribution in [-0.2, 0) is 16.1 Å². The molecule has 0 aliphatic heterocycles. The lowest BCUT2D eigenvalue weighted by Crippen LogP contribution is -2.20. The molecule has 1 amide bonds. The summed E-state index contributed by atoms with van der Waals surface area (Å²) in [5, 5.41) is 18.1. The van der Waals surface area contributed by atoms with Gasteiger partial charge in [-0.05, 0) is 16.4 Å². The molecule has 0 bridgehead atoms. The molecule has 2 heterocycles. The van der Waals surface area contributed by atoms with Crippen molar-refractivity contribution in [2.45, 2.75) is 6.54 Å². The summed E-state index contributed by atoms with van der Waals surface area (Å²) < 4.78 is 5.61. The number of carbonyl (C=O) groups excluding carboxylic acids is 2. The van der Waals surface area contributed by atoms with Crippen molar-refractivity contribution in [3.63, 3.8) is 0 Å². The van der Waals surface area contributed by atoms with Crippen LogP contribution in [-0.4, -0.2) is 38.7 Å². The molecule has 0 saturated heterocycles. The van der Waals surface area contributed by atoms with Crippen LogP contribution >= 0.6 is 11.3 Å². The second-order valence-electron chi connectivity index (χ2n) is 3.70. The lowest BCUT2D eigenvalue weighted by atomic mass is 10.4. The molecule has 0 spiro atoms. The molecule has 0 aromatic carbocycles. The van der Waals surface area contributed by atoms with Crippen molar-refractivity contribution >= 4 is 34.8 Å². The lowest BCUT2D eigenvalue weighted by molar-refractivity contribution is -0.394. The molecule has 21 heavy (non-hydrogen) atoms. The fourth-order valence-corrected chi connectivity index (χ4v) is 2.21. The van der Waals surface area contributed by atoms with Gasteiger partial charge in [-0.1, -0.05) is 4.98 Å². The minimum absolute atomic E-state index is 0.260. The molecule has 10 nitrogen and oxygen atoms in total. The Hall–Kier alpha value is -2.82. The third-order valence-corrected chi connectivity index (χ3v) is 3.20. The van der Waals surface area contributed by atoms with E-state index in [1.165, 1.54) is 7.11 Å². The molecule has 2 aromatic rings. The number of amides is 1. The highest BCUT2D eigenvalue weighted by atomic mass is 32.1. The van der Waals surface area contributed by atoms with E-state index in [1.807, 2.05) is 0 Å². The average molecular weight is 311 g/mol. The van der Waals surface area contributed by atoms with E-state index in [2.05, 4.69) is 20.1 Å². The molecule has 0 saturated carbocycles. The van der Waals surface area contributed by atoms with E-state index in [1.54, 1.807) is 11.4 Å². The normalized spacial score (nSPS) is 10.1. The predicted molar refractivity (Wildman–Crippen MR) is 71.0 cm³/mol. The number of ether oxygens (including phenoxy) is 1. The Kier molecular flexibility index (Phi) is 4.23. The number of hydrogen-bond donors (Lipinski definition) is 1. The Morgan fingerprint density at radius 3 is 2.95 bits per heavy atom. The van der Waals surface area contributed by atoms with Crippen molar-refractivity contribution in [3.8, 4) is 0 Å². The standard InChI is InChI=1S/C10H9N5O5S/c1-20-9(17)8-6(2-3-21-8)12-7(16)4-14-5-11-10(13-14)15(18)19/h2-3,5H,4H2,1H3,(H,12,16). The van der Waals surface area contributed by atoms with Crippen LogP contribution in [0.1, 0.15) is 9.67 Å². The number of anilines is 1. The van der Waals surface area contributed by atoms with Gasteiger partial charge in [0.05, 0.1) is 12.8 Å². The van der Waals surface area contributed by atoms with Crippen molar-refractivity contribution in [1.29, 1.82) is 0 Å². The third-order valence-electron chi connectivity index (χ3n) is 2.30. The van der Waals surface area contributed by atoms with E-state index in [0.717, 1.165) is 22.3 Å². The number of nitro groups is 1. The Labute approximate surface area is 121 Å². The molecular weight excluding hydrogens is 302 g/mol. The van der Waals surface area contributed by atoms with Crippen molar-refractivity contribution < 1.29 is 19.2 Å². The molecule has 0 aliphatic rings. The molecule has 0 unspecified atom stereocenters. The van der Waals surface area contributed by atoms with Crippen molar-refractivity contribution in [2.24, 2.45) is 0 Å². The minimum Gasteiger partial charge on any atom is -0.465 e. The Morgan fingerprint density at radius 2 is 2.33 bits per heavy atom. The average Bonchev–Trinajstić information content (AvgIpc) is 3.07. The summed E-state index contributed by atoms with van der Waals surface area (Å²) >= 11 is 1.13. The topological polar surface area (TPSA) is 129 Å². The molecule has 0 fully saturated rings. The first-order valence-corrected chi connectivity index (χ1v) is 6.38. The monoisotopic (exact) mass is 311 g/mol. The van der Waals surface area contributed by atoms with Crippen LogP contribution in [0.25, 0.3) is 0 Å². The summed E-state index contributed by atoms with van der Waals surface area (Å²) in [6.07, 6.45) is 1.08. The molecule has 11 heteroatoms. The van der Waals surface area contributed by atoms with Gasteiger partial charge in [0.25, 0.3) is 0 Å². The summed E-state index contributed by atoms with van der Waals surface area (Å²) in [4.78, 5) is 36.6. The van der Waals surface area contributed by atoms with E-state index in [-0.39, 0.29) is 11.4 Å². The second kappa shape index (κ2) is 6.09. The zero-order valence-corrected chi connectivity index (χ0v) is 11.5. The van der Waals surface area contributed by atoms with Gasteiger partial charge in [0.15, 0.2) is 0 Å². The maximum atomic E-state index is 11.8. The summed E-state index contributed by atoms with van der Waals surface area (Å²) in [6.45, 7) is -0.267. The smallest absolute Gasteiger partial charge is 0.465 e. The van der Waals surface area contributed by atoms with Gasteiger partial charge in [0.1, 0.15) is 11.4 Å². The Morgan fingerprint density at radius 1 is 1.57 bits per heavy atom. The Balaban J connectivity index is 2.03. The van der Waals surface area contributed by atoms with Crippen molar-refractivity contribution in [2.75, 3.05) is 12.4 Å². The van der Waals surface area contributed by atoms with Crippen LogP contribution in [0.3, 0.4) is 0 Å². The summed E-state index contributed by atoms with van der Waals surface area (Å²) in [6, 6.07) is 1.55. The van der Waals surface area contributed by atoms with Crippen LogP contribution in [0.15, 0.2) is 17.8 Å². The first kappa shape index (κ1) is 14.6. The minimum atomic E-state index is -0.761. The van der Waals surface area contributed by atoms with Gasteiger partial charge in [0, 0.05) is 5.10 Å². The lowest BCUT2D eigenvalue weighted by Gasteiger charge is -2.04. The number of aromatic nitrogens is 3. The summed E-state index contributed by atoms with van der Waals surface area (Å²) in [5.74, 6) is -1.65. The van der Waals surface area contributed by atoms with Gasteiger partial charge in [0.2, 0.25) is 12.2 Å². The Bertz CT molecular complexity index is 694. The van der Waals surface area contributed by atoms with E-state index in [0.29, 0.717) is 5.69 Å². The predicted octanol–water partition coefficient (Wildman–Crippen LogP) is 0.673. The SMILES string of the molecule is COC(=O)c1sccc1NC(=O)Cn1cnc([N+](=O)[O-])n1. The van der Waals surface area contributed by atoms with E-state index < -0.39 is 22.7 Å². The largest absolute Gasteiger partial charge is 0.490 e. The quantitative estimate of drug-likeness (QED) is 0.488. The highest BCUT2D eigenvalue weighted by Crippen LogP contribution is 2.23. The van der Waals surface area contributed by atoms with E-state index in [4.69, 9.17) is 0 Å². The fraction of sp³-hybridized carbons (Fsp3) is 0.200. The van der Waals surface area contributed by atoms with Crippen LogP contribution in [0.2, 0.25) is 0 Å². The van der Waals surface area contributed by atoms with Gasteiger partial charge in [-0.15, -0.1) is 11.3 Å². The number of nitrogens with one attached hydrogen (secondary N) is 1. The first-order chi connectivity index (χ1) is 10.0. The van der Waals surface area contributed by atoms with Gasteiger partial charge < -0.3 is 20.2 Å². The van der Waals surface area contributed by atoms with E-state index >= 15 is 0 Å². The zero-order chi connectivity index (χ0) is 15.4. The number of esters is 1. The number of carbonyl (C=O) groups is 2. The molecule has 2 aromatic heterocycles. The van der Waals surface area contributed by atoms with Gasteiger partial charge in [-0.2, -0.15) is 4.68 Å². The fourth-order valence-electron chi connectivity index (χ4n) is 1.44. The van der Waals surface area contributed by atoms with Crippen molar-refractivity contribution in [1.82, 2.24) is 14.8 Å². The third kappa shape index (κ3) is 3.39. The maximum absolute atomic E-state index is 11.8. The van der Waals surface area contributed by atoms with Crippen LogP contribution in [0, 0.1) is 10.1 Å². The zero-order valence-electron chi connectivity index (χ0n) is 10.7.